The topological polar surface area (TPSA) is 61.8 Å². The Morgan fingerprint density at radius 2 is 1.86 bits per heavy atom. The number of thioether (sulfide) groups is 1. The van der Waals surface area contributed by atoms with Crippen LogP contribution in [0.4, 0.5) is 11.5 Å². The predicted octanol–water partition coefficient (Wildman–Crippen LogP) is 5.24. The van der Waals surface area contributed by atoms with E-state index in [1.807, 2.05) is 54.4 Å². The molecule has 0 saturated carbocycles. The highest BCUT2D eigenvalue weighted by molar-refractivity contribution is 7.98. The number of benzene rings is 2. The molecule has 1 fully saturated rings. The minimum atomic E-state index is 0.0593. The second-order valence-corrected chi connectivity index (χ2v) is 10.0. The van der Waals surface area contributed by atoms with E-state index in [2.05, 4.69) is 32.8 Å². The van der Waals surface area contributed by atoms with Crippen LogP contribution in [0.2, 0.25) is 5.15 Å². The number of anilines is 2. The number of halogens is 1. The first kappa shape index (κ1) is 26.1. The number of methoxy groups -OCH3 is 1. The molecule has 1 saturated heterocycles. The first-order valence-corrected chi connectivity index (χ1v) is 13.5. The van der Waals surface area contributed by atoms with Crippen LogP contribution in [-0.4, -0.2) is 67.7 Å². The van der Waals surface area contributed by atoms with Gasteiger partial charge in [0, 0.05) is 57.2 Å². The Balaban J connectivity index is 1.37. The zero-order chi connectivity index (χ0) is 25.5. The molecule has 1 aliphatic heterocycles. The zero-order valence-corrected chi connectivity index (χ0v) is 22.6. The standard InChI is InChI=1S/C27H32ClN5O2S/c1-4-12-31(2)25-18-24(28)29-27(30-25)36-19-20-8-7-9-21(17-20)26(34)33-15-13-32(14-16-33)22-10-5-6-11-23(22)35-3/h5-11,17-18H,4,12-16,19H2,1-3H3. The molecule has 1 amide bonds. The largest absolute Gasteiger partial charge is 0.495 e. The van der Waals surface area contributed by atoms with Gasteiger partial charge in [-0.05, 0) is 36.2 Å². The number of carbonyl (C=O) groups is 1. The first-order valence-electron chi connectivity index (χ1n) is 12.1. The second kappa shape index (κ2) is 12.3. The summed E-state index contributed by atoms with van der Waals surface area (Å²) in [6.45, 7) is 5.89. The van der Waals surface area contributed by atoms with E-state index in [1.54, 1.807) is 13.2 Å². The van der Waals surface area contributed by atoms with Gasteiger partial charge in [-0.25, -0.2) is 9.97 Å². The van der Waals surface area contributed by atoms with E-state index in [1.165, 1.54) is 11.8 Å². The molecule has 190 valence electrons. The van der Waals surface area contributed by atoms with Crippen molar-refractivity contribution in [3.8, 4) is 5.75 Å². The number of para-hydroxylation sites is 2. The number of rotatable bonds is 9. The molecule has 0 atom stereocenters. The number of amides is 1. The van der Waals surface area contributed by atoms with Gasteiger partial charge >= 0.3 is 0 Å². The molecule has 2 aromatic carbocycles. The van der Waals surface area contributed by atoms with E-state index in [-0.39, 0.29) is 5.91 Å². The normalized spacial score (nSPS) is 13.6. The summed E-state index contributed by atoms with van der Waals surface area (Å²) in [6.07, 6.45) is 1.02. The molecule has 1 aliphatic rings. The Labute approximate surface area is 222 Å². The van der Waals surface area contributed by atoms with Gasteiger partial charge in [0.25, 0.3) is 5.91 Å². The van der Waals surface area contributed by atoms with E-state index >= 15 is 0 Å². The number of ether oxygens (including phenoxy) is 1. The lowest BCUT2D eigenvalue weighted by molar-refractivity contribution is 0.0746. The average Bonchev–Trinajstić information content (AvgIpc) is 2.91. The van der Waals surface area contributed by atoms with Crippen LogP contribution >= 0.6 is 23.4 Å². The number of carbonyl (C=O) groups excluding carboxylic acids is 1. The SMILES string of the molecule is CCCN(C)c1cc(Cl)nc(SCc2cccc(C(=O)N3CCN(c4ccccc4OC)CC3)c2)n1. The van der Waals surface area contributed by atoms with Crippen LogP contribution in [-0.2, 0) is 5.75 Å². The zero-order valence-electron chi connectivity index (χ0n) is 21.0. The van der Waals surface area contributed by atoms with Crippen LogP contribution in [0.5, 0.6) is 5.75 Å². The van der Waals surface area contributed by atoms with Crippen molar-refractivity contribution < 1.29 is 9.53 Å². The van der Waals surface area contributed by atoms with E-state index < -0.39 is 0 Å². The van der Waals surface area contributed by atoms with Crippen LogP contribution in [0.15, 0.2) is 59.8 Å². The lowest BCUT2D eigenvalue weighted by Gasteiger charge is -2.36. The maximum absolute atomic E-state index is 13.2. The van der Waals surface area contributed by atoms with Gasteiger partial charge in [-0.1, -0.05) is 54.6 Å². The molecule has 0 N–H and O–H groups in total. The summed E-state index contributed by atoms with van der Waals surface area (Å²) in [5, 5.41) is 1.06. The predicted molar refractivity (Wildman–Crippen MR) is 148 cm³/mol. The molecule has 9 heteroatoms. The van der Waals surface area contributed by atoms with Crippen LogP contribution in [0.3, 0.4) is 0 Å². The first-order chi connectivity index (χ1) is 17.5. The molecule has 2 heterocycles. The highest BCUT2D eigenvalue weighted by atomic mass is 35.5. The smallest absolute Gasteiger partial charge is 0.253 e. The van der Waals surface area contributed by atoms with E-state index in [9.17, 15) is 4.79 Å². The molecule has 4 rings (SSSR count). The molecule has 7 nitrogen and oxygen atoms in total. The molecule has 0 spiro atoms. The third-order valence-corrected chi connectivity index (χ3v) is 7.26. The molecule has 0 unspecified atom stereocenters. The number of piperazine rings is 1. The summed E-state index contributed by atoms with van der Waals surface area (Å²) in [4.78, 5) is 28.5. The molecule has 0 radical (unpaired) electrons. The van der Waals surface area contributed by atoms with E-state index in [4.69, 9.17) is 16.3 Å². The summed E-state index contributed by atoms with van der Waals surface area (Å²) >= 11 is 7.76. The van der Waals surface area contributed by atoms with Crippen LogP contribution in [0.1, 0.15) is 29.3 Å². The van der Waals surface area contributed by atoms with Crippen molar-refractivity contribution in [1.29, 1.82) is 0 Å². The van der Waals surface area contributed by atoms with Crippen molar-refractivity contribution in [3.05, 3.63) is 70.9 Å². The Bertz CT molecular complexity index is 1190. The number of nitrogens with zero attached hydrogens (tertiary/aromatic N) is 5. The lowest BCUT2D eigenvalue weighted by atomic mass is 10.1. The van der Waals surface area contributed by atoms with Crippen LogP contribution in [0.25, 0.3) is 0 Å². The minimum Gasteiger partial charge on any atom is -0.495 e. The lowest BCUT2D eigenvalue weighted by Crippen LogP contribution is -2.48. The van der Waals surface area contributed by atoms with Crippen LogP contribution < -0.4 is 14.5 Å². The third-order valence-electron chi connectivity index (χ3n) is 6.15. The van der Waals surface area contributed by atoms with Gasteiger partial charge in [-0.15, -0.1) is 0 Å². The highest BCUT2D eigenvalue weighted by Gasteiger charge is 2.24. The Morgan fingerprint density at radius 3 is 2.61 bits per heavy atom. The van der Waals surface area contributed by atoms with Gasteiger partial charge in [0.2, 0.25) is 0 Å². The van der Waals surface area contributed by atoms with Gasteiger partial charge < -0.3 is 19.4 Å². The molecule has 1 aromatic heterocycles. The molecule has 36 heavy (non-hydrogen) atoms. The Morgan fingerprint density at radius 1 is 1.08 bits per heavy atom. The highest BCUT2D eigenvalue weighted by Crippen LogP contribution is 2.29. The Hall–Kier alpha value is -2.97. The molecule has 0 bridgehead atoms. The fourth-order valence-electron chi connectivity index (χ4n) is 4.26. The van der Waals surface area contributed by atoms with Gasteiger partial charge in [0.1, 0.15) is 16.7 Å². The van der Waals surface area contributed by atoms with Crippen molar-refractivity contribution in [3.63, 3.8) is 0 Å². The van der Waals surface area contributed by atoms with Crippen molar-refractivity contribution in [2.75, 3.05) is 56.7 Å². The summed E-state index contributed by atoms with van der Waals surface area (Å²) in [7, 11) is 3.69. The number of hydrogen-bond donors (Lipinski definition) is 0. The Kier molecular flexibility index (Phi) is 8.93. The van der Waals surface area contributed by atoms with E-state index in [0.29, 0.717) is 34.7 Å². The molecular formula is C27H32ClN5O2S. The molecular weight excluding hydrogens is 494 g/mol. The van der Waals surface area contributed by atoms with Gasteiger partial charge in [-0.3, -0.25) is 4.79 Å². The third kappa shape index (κ3) is 6.42. The number of hydrogen-bond acceptors (Lipinski definition) is 7. The van der Waals surface area contributed by atoms with Gasteiger partial charge in [-0.2, -0.15) is 0 Å². The average molecular weight is 526 g/mol. The number of aromatic nitrogens is 2. The monoisotopic (exact) mass is 525 g/mol. The van der Waals surface area contributed by atoms with E-state index in [0.717, 1.165) is 48.9 Å². The summed E-state index contributed by atoms with van der Waals surface area (Å²) < 4.78 is 5.50. The van der Waals surface area contributed by atoms with Crippen molar-refractivity contribution in [1.82, 2.24) is 14.9 Å². The minimum absolute atomic E-state index is 0.0593. The molecule has 0 aliphatic carbocycles. The summed E-state index contributed by atoms with van der Waals surface area (Å²) in [5.74, 6) is 2.38. The maximum atomic E-state index is 13.2. The van der Waals surface area contributed by atoms with Crippen molar-refractivity contribution in [2.45, 2.75) is 24.3 Å². The van der Waals surface area contributed by atoms with Gasteiger partial charge in [0.15, 0.2) is 5.16 Å². The fraction of sp³-hybridized carbons (Fsp3) is 0.370. The van der Waals surface area contributed by atoms with Crippen LogP contribution in [0, 0.1) is 0 Å². The quantitative estimate of drug-likeness (QED) is 0.215. The second-order valence-electron chi connectivity index (χ2n) is 8.69. The summed E-state index contributed by atoms with van der Waals surface area (Å²) in [5.41, 5.74) is 2.82. The van der Waals surface area contributed by atoms with Crippen molar-refractivity contribution >= 4 is 40.8 Å². The fourth-order valence-corrected chi connectivity index (χ4v) is 5.29. The maximum Gasteiger partial charge on any atom is 0.253 e. The van der Waals surface area contributed by atoms with Gasteiger partial charge in [0.05, 0.1) is 12.8 Å². The molecule has 3 aromatic rings. The summed E-state index contributed by atoms with van der Waals surface area (Å²) in [6, 6.07) is 17.6. The van der Waals surface area contributed by atoms with Crippen molar-refractivity contribution in [2.24, 2.45) is 0 Å².